The average Bonchev–Trinajstić information content (AvgIpc) is 2.77. The van der Waals surface area contributed by atoms with Crippen LogP contribution in [0.15, 0.2) is 42.7 Å². The number of carbonyl (C=O) groups is 1. The van der Waals surface area contributed by atoms with Gasteiger partial charge in [-0.15, -0.1) is 0 Å². The van der Waals surface area contributed by atoms with Crippen molar-refractivity contribution in [2.75, 3.05) is 34.4 Å². The number of benzene rings is 1. The molecule has 0 aliphatic carbocycles. The Morgan fingerprint density at radius 1 is 1.10 bits per heavy atom. The molecular weight excluding hydrogens is 372 g/mol. The summed E-state index contributed by atoms with van der Waals surface area (Å²) in [5.74, 6) is 2.32. The molecule has 3 rings (SSSR count). The van der Waals surface area contributed by atoms with Crippen LogP contribution in [0.4, 0.5) is 0 Å². The first kappa shape index (κ1) is 20.5. The third-order valence-corrected chi connectivity index (χ3v) is 4.75. The summed E-state index contributed by atoms with van der Waals surface area (Å²) in [6, 6.07) is 7.25. The van der Waals surface area contributed by atoms with Crippen LogP contribution in [-0.4, -0.2) is 56.3 Å². The van der Waals surface area contributed by atoms with Crippen molar-refractivity contribution in [1.82, 2.24) is 9.88 Å². The molecule has 1 fully saturated rings. The number of carbonyl (C=O) groups excluding carboxylic acids is 1. The molecule has 0 bridgehead atoms. The molecule has 7 nitrogen and oxygen atoms in total. The molecule has 1 aliphatic heterocycles. The van der Waals surface area contributed by atoms with Gasteiger partial charge in [-0.1, -0.05) is 0 Å². The highest BCUT2D eigenvalue weighted by Gasteiger charge is 2.23. The molecule has 7 heteroatoms. The first-order valence-corrected chi connectivity index (χ1v) is 9.48. The van der Waals surface area contributed by atoms with Gasteiger partial charge in [-0.2, -0.15) is 0 Å². The minimum atomic E-state index is -0.0539. The second-order valence-electron chi connectivity index (χ2n) is 6.64. The fraction of sp³-hybridized carbons (Fsp3) is 0.364. The van der Waals surface area contributed by atoms with Crippen molar-refractivity contribution in [3.63, 3.8) is 0 Å². The highest BCUT2D eigenvalue weighted by atomic mass is 16.5. The van der Waals surface area contributed by atoms with Crippen molar-refractivity contribution in [2.45, 2.75) is 18.9 Å². The molecule has 1 amide bonds. The van der Waals surface area contributed by atoms with E-state index in [0.29, 0.717) is 30.3 Å². The van der Waals surface area contributed by atoms with Gasteiger partial charge in [0.1, 0.15) is 11.9 Å². The summed E-state index contributed by atoms with van der Waals surface area (Å²) in [6.07, 6.45) is 8.50. The maximum Gasteiger partial charge on any atom is 0.246 e. The molecule has 0 spiro atoms. The zero-order valence-electron chi connectivity index (χ0n) is 17.0. The molecule has 1 atom stereocenters. The second kappa shape index (κ2) is 9.82. The van der Waals surface area contributed by atoms with Gasteiger partial charge in [0.2, 0.25) is 11.7 Å². The number of ether oxygens (including phenoxy) is 4. The number of pyridine rings is 1. The zero-order chi connectivity index (χ0) is 20.6. The number of amides is 1. The quantitative estimate of drug-likeness (QED) is 0.667. The molecule has 1 aliphatic rings. The molecule has 2 heterocycles. The van der Waals surface area contributed by atoms with Crippen molar-refractivity contribution in [3.05, 3.63) is 48.3 Å². The summed E-state index contributed by atoms with van der Waals surface area (Å²) in [6.45, 7) is 1.27. The highest BCUT2D eigenvalue weighted by Crippen LogP contribution is 2.38. The lowest BCUT2D eigenvalue weighted by Crippen LogP contribution is -2.43. The molecule has 1 aromatic carbocycles. The Morgan fingerprint density at radius 3 is 2.41 bits per heavy atom. The molecule has 154 valence electrons. The Balaban J connectivity index is 1.67. The predicted molar refractivity (Wildman–Crippen MR) is 110 cm³/mol. The molecule has 0 saturated carbocycles. The van der Waals surface area contributed by atoms with E-state index in [9.17, 15) is 4.79 Å². The van der Waals surface area contributed by atoms with Gasteiger partial charge in [0.15, 0.2) is 11.5 Å². The lowest BCUT2D eigenvalue weighted by atomic mass is 10.1. The average molecular weight is 398 g/mol. The van der Waals surface area contributed by atoms with Gasteiger partial charge < -0.3 is 23.8 Å². The van der Waals surface area contributed by atoms with E-state index in [0.717, 1.165) is 24.2 Å². The molecule has 1 saturated heterocycles. The van der Waals surface area contributed by atoms with Gasteiger partial charge in [-0.25, -0.2) is 0 Å². The van der Waals surface area contributed by atoms with Crippen LogP contribution in [0.5, 0.6) is 23.0 Å². The first-order chi connectivity index (χ1) is 14.1. The van der Waals surface area contributed by atoms with Crippen molar-refractivity contribution >= 4 is 12.0 Å². The van der Waals surface area contributed by atoms with E-state index in [-0.39, 0.29) is 12.0 Å². The smallest absolute Gasteiger partial charge is 0.246 e. The molecule has 1 unspecified atom stereocenters. The van der Waals surface area contributed by atoms with Gasteiger partial charge in [-0.3, -0.25) is 9.78 Å². The van der Waals surface area contributed by atoms with E-state index in [1.54, 1.807) is 58.0 Å². The number of hydrogen-bond acceptors (Lipinski definition) is 6. The maximum absolute atomic E-state index is 12.7. The molecule has 0 N–H and O–H groups in total. The Morgan fingerprint density at radius 2 is 1.79 bits per heavy atom. The van der Waals surface area contributed by atoms with E-state index in [2.05, 4.69) is 4.98 Å². The van der Waals surface area contributed by atoms with Crippen molar-refractivity contribution in [3.8, 4) is 23.0 Å². The minimum Gasteiger partial charge on any atom is -0.493 e. The molecule has 0 radical (unpaired) electrons. The van der Waals surface area contributed by atoms with Crippen molar-refractivity contribution in [2.24, 2.45) is 0 Å². The van der Waals surface area contributed by atoms with Crippen LogP contribution in [0.3, 0.4) is 0 Å². The predicted octanol–water partition coefficient (Wildman–Crippen LogP) is 3.19. The van der Waals surface area contributed by atoms with Crippen LogP contribution in [0.2, 0.25) is 0 Å². The number of nitrogens with zero attached hydrogens (tertiary/aromatic N) is 2. The Hall–Kier alpha value is -3.22. The van der Waals surface area contributed by atoms with E-state index >= 15 is 0 Å². The second-order valence-corrected chi connectivity index (χ2v) is 6.64. The molecule has 1 aromatic heterocycles. The van der Waals surface area contributed by atoms with Crippen molar-refractivity contribution in [1.29, 1.82) is 0 Å². The summed E-state index contributed by atoms with van der Waals surface area (Å²) in [5.41, 5.74) is 0.787. The number of methoxy groups -OCH3 is 3. The first-order valence-electron chi connectivity index (χ1n) is 9.48. The summed E-state index contributed by atoms with van der Waals surface area (Å²) in [4.78, 5) is 18.5. The number of rotatable bonds is 7. The minimum absolute atomic E-state index is 0.0234. The number of likely N-dealkylation sites (tertiary alicyclic amines) is 1. The lowest BCUT2D eigenvalue weighted by molar-refractivity contribution is -0.128. The summed E-state index contributed by atoms with van der Waals surface area (Å²) in [5, 5.41) is 0. The van der Waals surface area contributed by atoms with Crippen molar-refractivity contribution < 1.29 is 23.7 Å². The number of hydrogen-bond donors (Lipinski definition) is 0. The Labute approximate surface area is 170 Å². The largest absolute Gasteiger partial charge is 0.493 e. The molecule has 2 aromatic rings. The van der Waals surface area contributed by atoms with E-state index in [4.69, 9.17) is 18.9 Å². The van der Waals surface area contributed by atoms with E-state index in [1.807, 2.05) is 17.0 Å². The van der Waals surface area contributed by atoms with Gasteiger partial charge in [0, 0.05) is 25.0 Å². The zero-order valence-corrected chi connectivity index (χ0v) is 17.0. The molecular formula is C22H26N2O5. The SMILES string of the molecule is COc1cc(/C=C/C(=O)N2CCCC(Oc3ccncc3)C2)cc(OC)c1OC. The van der Waals surface area contributed by atoms with Crippen LogP contribution in [0, 0.1) is 0 Å². The van der Waals surface area contributed by atoms with E-state index < -0.39 is 0 Å². The van der Waals surface area contributed by atoms with Gasteiger partial charge in [-0.05, 0) is 48.7 Å². The van der Waals surface area contributed by atoms with Crippen LogP contribution < -0.4 is 18.9 Å². The monoisotopic (exact) mass is 398 g/mol. The Bertz CT molecular complexity index is 829. The van der Waals surface area contributed by atoms with Crippen LogP contribution in [0.25, 0.3) is 6.08 Å². The standard InChI is InChI=1S/C22H26N2O5/c1-26-19-13-16(14-20(27-2)22(19)28-3)6-7-21(25)24-12-4-5-18(15-24)29-17-8-10-23-11-9-17/h6-11,13-14,18H,4-5,12,15H2,1-3H3/b7-6+. The van der Waals surface area contributed by atoms with Gasteiger partial charge in [0.05, 0.1) is 27.9 Å². The third-order valence-electron chi connectivity index (χ3n) is 4.75. The summed E-state index contributed by atoms with van der Waals surface area (Å²) >= 11 is 0. The van der Waals surface area contributed by atoms with Gasteiger partial charge in [0.25, 0.3) is 0 Å². The Kier molecular flexibility index (Phi) is 6.94. The fourth-order valence-electron chi connectivity index (χ4n) is 3.31. The maximum atomic E-state index is 12.7. The highest BCUT2D eigenvalue weighted by molar-refractivity contribution is 5.92. The normalized spacial score (nSPS) is 16.5. The third kappa shape index (κ3) is 5.19. The van der Waals surface area contributed by atoms with E-state index in [1.165, 1.54) is 0 Å². The van der Waals surface area contributed by atoms with Crippen LogP contribution in [-0.2, 0) is 4.79 Å². The topological polar surface area (TPSA) is 70.1 Å². The fourth-order valence-corrected chi connectivity index (χ4v) is 3.31. The lowest BCUT2D eigenvalue weighted by Gasteiger charge is -2.32. The van der Waals surface area contributed by atoms with Crippen LogP contribution >= 0.6 is 0 Å². The van der Waals surface area contributed by atoms with Gasteiger partial charge >= 0.3 is 0 Å². The van der Waals surface area contributed by atoms with Crippen LogP contribution in [0.1, 0.15) is 18.4 Å². The molecule has 29 heavy (non-hydrogen) atoms. The number of piperidine rings is 1. The summed E-state index contributed by atoms with van der Waals surface area (Å²) < 4.78 is 22.0. The summed E-state index contributed by atoms with van der Waals surface area (Å²) in [7, 11) is 4.68. The number of aromatic nitrogens is 1.